The summed E-state index contributed by atoms with van der Waals surface area (Å²) in [6.45, 7) is 3.64. The smallest absolute Gasteiger partial charge is 0.336 e. The zero-order valence-corrected chi connectivity index (χ0v) is 27.3. The van der Waals surface area contributed by atoms with Crippen LogP contribution in [0.15, 0.2) is 11.6 Å². The van der Waals surface area contributed by atoms with Crippen molar-refractivity contribution in [3.63, 3.8) is 0 Å². The molecule has 0 radical (unpaired) electrons. The highest BCUT2D eigenvalue weighted by Crippen LogP contribution is 2.29. The van der Waals surface area contributed by atoms with Crippen molar-refractivity contribution < 1.29 is 39.8 Å². The number of aliphatic hydroxyl groups excluding tert-OH is 4. The van der Waals surface area contributed by atoms with Crippen LogP contribution in [-0.4, -0.2) is 73.9 Å². The van der Waals surface area contributed by atoms with Gasteiger partial charge in [-0.25, -0.2) is 4.79 Å². The van der Waals surface area contributed by atoms with Gasteiger partial charge in [0.05, 0.1) is 36.6 Å². The van der Waals surface area contributed by atoms with Crippen molar-refractivity contribution in [3.8, 4) is 0 Å². The second-order valence-corrected chi connectivity index (χ2v) is 13.4. The summed E-state index contributed by atoms with van der Waals surface area (Å²) in [5.74, 6) is -2.16. The zero-order valence-electron chi connectivity index (χ0n) is 27.3. The van der Waals surface area contributed by atoms with E-state index in [1.807, 2.05) is 0 Å². The Morgan fingerprint density at radius 1 is 0.698 bits per heavy atom. The molecule has 0 saturated carbocycles. The first-order valence-electron chi connectivity index (χ1n) is 17.7. The average Bonchev–Trinajstić information content (AvgIpc) is 3.55. The van der Waals surface area contributed by atoms with Crippen molar-refractivity contribution >= 4 is 5.97 Å². The van der Waals surface area contributed by atoms with Gasteiger partial charge < -0.3 is 35.0 Å². The highest BCUT2D eigenvalue weighted by atomic mass is 16.7. The largest absolute Gasteiger partial charge is 0.426 e. The number of rotatable bonds is 26. The van der Waals surface area contributed by atoms with E-state index < -0.39 is 30.1 Å². The molecule has 8 heteroatoms. The van der Waals surface area contributed by atoms with Gasteiger partial charge in [0.2, 0.25) is 5.79 Å². The van der Waals surface area contributed by atoms with E-state index in [4.69, 9.17) is 9.47 Å². The van der Waals surface area contributed by atoms with Crippen LogP contribution in [0, 0.1) is 0 Å². The number of carbonyl (C=O) groups is 1. The maximum atomic E-state index is 11.7. The summed E-state index contributed by atoms with van der Waals surface area (Å²) in [7, 11) is 0. The van der Waals surface area contributed by atoms with Crippen LogP contribution in [0.3, 0.4) is 0 Å². The van der Waals surface area contributed by atoms with E-state index in [1.54, 1.807) is 0 Å². The van der Waals surface area contributed by atoms with Crippen molar-refractivity contribution in [3.05, 3.63) is 11.6 Å². The Labute approximate surface area is 261 Å². The predicted molar refractivity (Wildman–Crippen MR) is 169 cm³/mol. The minimum Gasteiger partial charge on any atom is -0.426 e. The Morgan fingerprint density at radius 3 is 1.63 bits per heavy atom. The summed E-state index contributed by atoms with van der Waals surface area (Å²) >= 11 is 0. The third-order valence-corrected chi connectivity index (χ3v) is 9.12. The molecule has 0 unspecified atom stereocenters. The van der Waals surface area contributed by atoms with Crippen LogP contribution in [0.1, 0.15) is 162 Å². The van der Waals surface area contributed by atoms with E-state index in [0.29, 0.717) is 31.3 Å². The summed E-state index contributed by atoms with van der Waals surface area (Å²) < 4.78 is 10.9. The second-order valence-electron chi connectivity index (χ2n) is 13.4. The monoisotopic (exact) mass is 612 g/mol. The zero-order chi connectivity index (χ0) is 31.5. The van der Waals surface area contributed by atoms with Crippen LogP contribution in [0.2, 0.25) is 0 Å². The average molecular weight is 613 g/mol. The molecule has 5 N–H and O–H groups in total. The van der Waals surface area contributed by atoms with Gasteiger partial charge in [0.25, 0.3) is 0 Å². The lowest BCUT2D eigenvalue weighted by molar-refractivity contribution is -0.173. The van der Waals surface area contributed by atoms with E-state index in [2.05, 4.69) is 6.92 Å². The van der Waals surface area contributed by atoms with E-state index in [0.717, 1.165) is 57.8 Å². The van der Waals surface area contributed by atoms with Crippen molar-refractivity contribution in [2.75, 3.05) is 0 Å². The molecular formula is C35H64O8. The molecule has 8 nitrogen and oxygen atoms in total. The molecule has 0 aromatic heterocycles. The molecule has 0 bridgehead atoms. The molecule has 252 valence electrons. The van der Waals surface area contributed by atoms with Crippen LogP contribution < -0.4 is 0 Å². The standard InChI is InChI=1S/C35H64O8/c1-3-4-5-6-7-8-9-10-11-15-21-30(38)32-23-24-33(42-32)31(39)22-17-16-19-28(36)18-13-12-14-20-29(37)25-27-26-35(2,41)43-34(27)40/h26,28-33,36-39,41H,3-25H2,1-2H3/t28-,29-,30-,31-,32-,33-,35+/m1/s1. The highest BCUT2D eigenvalue weighted by molar-refractivity contribution is 5.91. The molecule has 2 rings (SSSR count). The number of aliphatic hydroxyl groups is 5. The Bertz CT molecular complexity index is 769. The van der Waals surface area contributed by atoms with Crippen LogP contribution in [0.5, 0.6) is 0 Å². The van der Waals surface area contributed by atoms with Gasteiger partial charge >= 0.3 is 5.97 Å². The van der Waals surface area contributed by atoms with Crippen LogP contribution in [0.25, 0.3) is 0 Å². The molecule has 0 aliphatic carbocycles. The fourth-order valence-corrected chi connectivity index (χ4v) is 6.45. The summed E-state index contributed by atoms with van der Waals surface area (Å²) in [5.41, 5.74) is 0.314. The maximum absolute atomic E-state index is 11.7. The topological polar surface area (TPSA) is 137 Å². The number of cyclic esters (lactones) is 1. The van der Waals surface area contributed by atoms with Gasteiger partial charge in [0.1, 0.15) is 0 Å². The van der Waals surface area contributed by atoms with Gasteiger partial charge in [-0.15, -0.1) is 0 Å². The van der Waals surface area contributed by atoms with Gasteiger partial charge in [-0.3, -0.25) is 0 Å². The maximum Gasteiger partial charge on any atom is 0.336 e. The van der Waals surface area contributed by atoms with Crippen molar-refractivity contribution in [1.29, 1.82) is 0 Å². The third kappa shape index (κ3) is 16.7. The lowest BCUT2D eigenvalue weighted by Crippen LogP contribution is -2.31. The van der Waals surface area contributed by atoms with Gasteiger partial charge in [-0.1, -0.05) is 103 Å². The number of hydrogen-bond acceptors (Lipinski definition) is 8. The van der Waals surface area contributed by atoms with E-state index in [-0.39, 0.29) is 24.7 Å². The molecule has 0 aromatic rings. The quantitative estimate of drug-likeness (QED) is 0.0561. The highest BCUT2D eigenvalue weighted by Gasteiger charge is 2.35. The number of esters is 1. The molecule has 0 spiro atoms. The van der Waals surface area contributed by atoms with Gasteiger partial charge in [-0.05, 0) is 51.0 Å². The number of unbranched alkanes of at least 4 members (excludes halogenated alkanes) is 12. The second kappa shape index (κ2) is 21.7. The molecule has 0 aromatic carbocycles. The van der Waals surface area contributed by atoms with Crippen molar-refractivity contribution in [2.24, 2.45) is 0 Å². The van der Waals surface area contributed by atoms with E-state index in [9.17, 15) is 30.3 Å². The summed E-state index contributed by atoms with van der Waals surface area (Å²) in [5, 5.41) is 51.5. The Balaban J connectivity index is 1.42. The number of hydrogen-bond donors (Lipinski definition) is 5. The van der Waals surface area contributed by atoms with Gasteiger partial charge in [0, 0.05) is 18.9 Å². The first kappa shape index (κ1) is 38.2. The SMILES string of the molecule is CCCCCCCCCCCC[C@@H](O)[C@H]1CC[C@H]([C@H](O)CCCC[C@H](O)CCCCC[C@@H](O)CC2=C[C@@](C)(O)OC2=O)O1. The molecular weight excluding hydrogens is 548 g/mol. The summed E-state index contributed by atoms with van der Waals surface area (Å²) in [6, 6.07) is 0. The Kier molecular flexibility index (Phi) is 19.2. The number of carbonyl (C=O) groups excluding carboxylic acids is 1. The number of ether oxygens (including phenoxy) is 2. The lowest BCUT2D eigenvalue weighted by Gasteiger charge is -2.22. The van der Waals surface area contributed by atoms with Crippen LogP contribution in [0.4, 0.5) is 0 Å². The van der Waals surface area contributed by atoms with Crippen LogP contribution >= 0.6 is 0 Å². The fourth-order valence-electron chi connectivity index (χ4n) is 6.45. The summed E-state index contributed by atoms with van der Waals surface area (Å²) in [6.07, 6.45) is 21.3. The van der Waals surface area contributed by atoms with Gasteiger partial charge in [-0.2, -0.15) is 0 Å². The normalized spacial score (nSPS) is 25.0. The Morgan fingerprint density at radius 2 is 1.12 bits per heavy atom. The van der Waals surface area contributed by atoms with Crippen LogP contribution in [-0.2, 0) is 14.3 Å². The van der Waals surface area contributed by atoms with E-state index >= 15 is 0 Å². The molecule has 0 amide bonds. The molecule has 2 aliphatic heterocycles. The minimum atomic E-state index is -1.58. The predicted octanol–water partition coefficient (Wildman–Crippen LogP) is 6.38. The molecule has 7 atom stereocenters. The summed E-state index contributed by atoms with van der Waals surface area (Å²) in [4.78, 5) is 11.7. The Hall–Kier alpha value is -1.03. The molecule has 43 heavy (non-hydrogen) atoms. The third-order valence-electron chi connectivity index (χ3n) is 9.12. The first-order chi connectivity index (χ1) is 20.6. The lowest BCUT2D eigenvalue weighted by atomic mass is 9.99. The fraction of sp³-hybridized carbons (Fsp3) is 0.914. The van der Waals surface area contributed by atoms with Crippen molar-refractivity contribution in [1.82, 2.24) is 0 Å². The molecule has 1 saturated heterocycles. The van der Waals surface area contributed by atoms with Crippen molar-refractivity contribution in [2.45, 2.75) is 204 Å². The first-order valence-corrected chi connectivity index (χ1v) is 17.7. The van der Waals surface area contributed by atoms with E-state index in [1.165, 1.54) is 70.8 Å². The molecule has 2 heterocycles. The van der Waals surface area contributed by atoms with Gasteiger partial charge in [0.15, 0.2) is 0 Å². The molecule has 1 fully saturated rings. The minimum absolute atomic E-state index is 0.159. The molecule has 2 aliphatic rings.